The van der Waals surface area contributed by atoms with Gasteiger partial charge in [0.05, 0.1) is 23.3 Å². The number of thioether (sulfide) groups is 1. The van der Waals surface area contributed by atoms with Crippen molar-refractivity contribution in [3.05, 3.63) is 70.5 Å². The van der Waals surface area contributed by atoms with Crippen molar-refractivity contribution in [2.45, 2.75) is 31.0 Å². The minimum Gasteiger partial charge on any atom is -0.450 e. The first kappa shape index (κ1) is 22.1. The van der Waals surface area contributed by atoms with E-state index >= 15 is 0 Å². The number of para-hydroxylation sites is 1. The summed E-state index contributed by atoms with van der Waals surface area (Å²) in [5, 5.41) is 1.09. The Kier molecular flexibility index (Phi) is 6.90. The van der Waals surface area contributed by atoms with Crippen molar-refractivity contribution in [1.29, 1.82) is 0 Å². The number of amides is 1. The second kappa shape index (κ2) is 9.99. The van der Waals surface area contributed by atoms with Crippen LogP contribution < -0.4 is 5.56 Å². The van der Waals surface area contributed by atoms with Crippen molar-refractivity contribution in [3.8, 4) is 0 Å². The summed E-state index contributed by atoms with van der Waals surface area (Å²) in [4.78, 5) is 44.5. The van der Waals surface area contributed by atoms with Gasteiger partial charge >= 0.3 is 6.09 Å². The molecule has 0 spiro atoms. The highest BCUT2D eigenvalue weighted by atomic mass is 32.2. The van der Waals surface area contributed by atoms with Crippen LogP contribution in [0.3, 0.4) is 0 Å². The average Bonchev–Trinajstić information content (AvgIpc) is 2.83. The Hall–Kier alpha value is -3.13. The number of aromatic nitrogens is 2. The third kappa shape index (κ3) is 4.70. The van der Waals surface area contributed by atoms with Gasteiger partial charge < -0.3 is 9.64 Å². The molecule has 166 valence electrons. The van der Waals surface area contributed by atoms with E-state index in [4.69, 9.17) is 9.72 Å². The molecule has 2 aromatic carbocycles. The summed E-state index contributed by atoms with van der Waals surface area (Å²) in [7, 11) is 0. The number of fused-ring (bicyclic) bond motifs is 1. The molecule has 1 aromatic heterocycles. The first-order chi connectivity index (χ1) is 15.6. The molecule has 0 atom stereocenters. The van der Waals surface area contributed by atoms with Crippen LogP contribution in [0.15, 0.2) is 64.5 Å². The third-order valence-corrected chi connectivity index (χ3v) is 6.51. The maximum Gasteiger partial charge on any atom is 0.409 e. The Morgan fingerprint density at radius 3 is 2.47 bits per heavy atom. The van der Waals surface area contributed by atoms with Gasteiger partial charge in [-0.3, -0.25) is 14.2 Å². The Morgan fingerprint density at radius 1 is 1.06 bits per heavy atom. The lowest BCUT2D eigenvalue weighted by atomic mass is 10.0. The molecule has 7 nitrogen and oxygen atoms in total. The monoisotopic (exact) mass is 451 g/mol. The van der Waals surface area contributed by atoms with Crippen LogP contribution >= 0.6 is 11.8 Å². The molecule has 1 saturated heterocycles. The summed E-state index contributed by atoms with van der Waals surface area (Å²) in [6.45, 7) is 3.14. The fourth-order valence-corrected chi connectivity index (χ4v) is 4.87. The predicted molar refractivity (Wildman–Crippen MR) is 124 cm³/mol. The lowest BCUT2D eigenvalue weighted by Crippen LogP contribution is -2.41. The van der Waals surface area contributed by atoms with E-state index < -0.39 is 0 Å². The molecular weight excluding hydrogens is 426 g/mol. The molecule has 3 aromatic rings. The summed E-state index contributed by atoms with van der Waals surface area (Å²) >= 11 is 1.28. The fourth-order valence-electron chi connectivity index (χ4n) is 3.91. The normalized spacial score (nSPS) is 14.5. The van der Waals surface area contributed by atoms with Crippen LogP contribution in [0.2, 0.25) is 0 Å². The summed E-state index contributed by atoms with van der Waals surface area (Å²) < 4.78 is 6.81. The van der Waals surface area contributed by atoms with Gasteiger partial charge in [-0.1, -0.05) is 54.2 Å². The largest absolute Gasteiger partial charge is 0.450 e. The van der Waals surface area contributed by atoms with Crippen LogP contribution in [0, 0.1) is 0 Å². The minimum atomic E-state index is -0.321. The van der Waals surface area contributed by atoms with E-state index in [9.17, 15) is 14.4 Å². The molecule has 32 heavy (non-hydrogen) atoms. The van der Waals surface area contributed by atoms with E-state index in [1.54, 1.807) is 34.6 Å². The number of ketones is 1. The molecule has 1 aliphatic rings. The second-order valence-electron chi connectivity index (χ2n) is 7.58. The number of carbonyl (C=O) groups excluding carboxylic acids is 2. The van der Waals surface area contributed by atoms with E-state index in [1.165, 1.54) is 11.8 Å². The van der Waals surface area contributed by atoms with Crippen molar-refractivity contribution in [2.75, 3.05) is 25.4 Å². The standard InChI is InChI=1S/C24H25N3O4S/c1-2-31-24(30)26-14-12-18(13-15-26)27-22(29)19-10-6-7-11-20(19)25-23(27)32-16-21(28)17-8-4-3-5-9-17/h3-11,18H,2,12-16H2,1H3. The molecule has 0 bridgehead atoms. The number of benzene rings is 2. The SMILES string of the molecule is CCOC(=O)N1CCC(n2c(SCC(=O)c3ccccc3)nc3ccccc3c2=O)CC1. The fraction of sp³-hybridized carbons (Fsp3) is 0.333. The van der Waals surface area contributed by atoms with Crippen LogP contribution in [0.25, 0.3) is 10.9 Å². The highest BCUT2D eigenvalue weighted by Crippen LogP contribution is 2.28. The molecule has 0 unspecified atom stereocenters. The summed E-state index contributed by atoms with van der Waals surface area (Å²) in [5.74, 6) is 0.179. The maximum atomic E-state index is 13.4. The number of nitrogens with zero attached hydrogens (tertiary/aromatic N) is 3. The van der Waals surface area contributed by atoms with E-state index in [-0.39, 0.29) is 29.2 Å². The quantitative estimate of drug-likeness (QED) is 0.318. The number of Topliss-reactive ketones (excluding diaryl/α,β-unsaturated/α-hetero) is 1. The van der Waals surface area contributed by atoms with Crippen molar-refractivity contribution >= 4 is 34.5 Å². The Balaban J connectivity index is 1.61. The topological polar surface area (TPSA) is 81.5 Å². The number of hydrogen-bond donors (Lipinski definition) is 0. The van der Waals surface area contributed by atoms with Crippen LogP contribution in [-0.4, -0.2) is 51.8 Å². The van der Waals surface area contributed by atoms with Crippen LogP contribution in [0.5, 0.6) is 0 Å². The Morgan fingerprint density at radius 2 is 1.75 bits per heavy atom. The predicted octanol–water partition coefficient (Wildman–Crippen LogP) is 4.16. The van der Waals surface area contributed by atoms with Gasteiger partial charge in [0.15, 0.2) is 10.9 Å². The minimum absolute atomic E-state index is 0.0123. The van der Waals surface area contributed by atoms with Crippen molar-refractivity contribution < 1.29 is 14.3 Å². The zero-order valence-electron chi connectivity index (χ0n) is 17.9. The number of rotatable bonds is 6. The summed E-state index contributed by atoms with van der Waals surface area (Å²) in [6, 6.07) is 16.3. The number of likely N-dealkylation sites (tertiary alicyclic amines) is 1. The molecule has 4 rings (SSSR count). The molecule has 0 saturated carbocycles. The van der Waals surface area contributed by atoms with Crippen molar-refractivity contribution in [3.63, 3.8) is 0 Å². The summed E-state index contributed by atoms with van der Waals surface area (Å²) in [6.07, 6.45) is 0.927. The van der Waals surface area contributed by atoms with Gasteiger partial charge in [-0.2, -0.15) is 0 Å². The highest BCUT2D eigenvalue weighted by Gasteiger charge is 2.28. The Labute approximate surface area is 190 Å². The van der Waals surface area contributed by atoms with Gasteiger partial charge in [-0.05, 0) is 31.9 Å². The Bertz CT molecular complexity index is 1170. The van der Waals surface area contributed by atoms with Gasteiger partial charge in [-0.25, -0.2) is 9.78 Å². The van der Waals surface area contributed by atoms with Crippen molar-refractivity contribution in [2.24, 2.45) is 0 Å². The first-order valence-electron chi connectivity index (χ1n) is 10.7. The summed E-state index contributed by atoms with van der Waals surface area (Å²) in [5.41, 5.74) is 1.14. The molecule has 0 aliphatic carbocycles. The molecule has 1 aliphatic heterocycles. The van der Waals surface area contributed by atoms with E-state index in [0.717, 1.165) is 0 Å². The smallest absolute Gasteiger partial charge is 0.409 e. The third-order valence-electron chi connectivity index (χ3n) is 5.56. The second-order valence-corrected chi connectivity index (χ2v) is 8.52. The van der Waals surface area contributed by atoms with Crippen molar-refractivity contribution in [1.82, 2.24) is 14.5 Å². The average molecular weight is 452 g/mol. The molecule has 1 amide bonds. The molecule has 0 radical (unpaired) electrons. The van der Waals surface area contributed by atoms with Crippen LogP contribution in [0.1, 0.15) is 36.2 Å². The van der Waals surface area contributed by atoms with Crippen LogP contribution in [-0.2, 0) is 4.74 Å². The van der Waals surface area contributed by atoms with Gasteiger partial charge in [0.25, 0.3) is 5.56 Å². The zero-order valence-corrected chi connectivity index (χ0v) is 18.7. The lowest BCUT2D eigenvalue weighted by Gasteiger charge is -2.33. The van der Waals surface area contributed by atoms with Gasteiger partial charge in [0.2, 0.25) is 0 Å². The zero-order chi connectivity index (χ0) is 22.5. The highest BCUT2D eigenvalue weighted by molar-refractivity contribution is 7.99. The van der Waals surface area contributed by atoms with Gasteiger partial charge in [-0.15, -0.1) is 0 Å². The molecule has 0 N–H and O–H groups in total. The molecular formula is C24H25N3O4S. The molecule has 8 heteroatoms. The first-order valence-corrected chi connectivity index (χ1v) is 11.7. The van der Waals surface area contributed by atoms with Crippen LogP contribution in [0.4, 0.5) is 4.79 Å². The number of piperidine rings is 1. The molecule has 1 fully saturated rings. The number of carbonyl (C=O) groups is 2. The molecule has 2 heterocycles. The number of ether oxygens (including phenoxy) is 1. The number of hydrogen-bond acceptors (Lipinski definition) is 6. The maximum absolute atomic E-state index is 13.4. The van der Waals surface area contributed by atoms with E-state index in [2.05, 4.69) is 0 Å². The van der Waals surface area contributed by atoms with E-state index in [0.29, 0.717) is 54.2 Å². The van der Waals surface area contributed by atoms with Gasteiger partial charge in [0, 0.05) is 24.7 Å². The lowest BCUT2D eigenvalue weighted by molar-refractivity contribution is 0.0914. The van der Waals surface area contributed by atoms with Gasteiger partial charge in [0.1, 0.15) is 0 Å². The van der Waals surface area contributed by atoms with E-state index in [1.807, 2.05) is 36.4 Å².